The van der Waals surface area contributed by atoms with Crippen LogP contribution in [0.25, 0.3) is 0 Å². The number of nitrogens with zero attached hydrogens (tertiary/aromatic N) is 1. The molecule has 1 aliphatic rings. The number of likely N-dealkylation sites (N-methyl/N-ethyl adjacent to an activating group) is 1. The first kappa shape index (κ1) is 9.98. The molecule has 80 valence electrons. The Labute approximate surface area is 88.8 Å². The molecule has 0 bridgehead atoms. The summed E-state index contributed by atoms with van der Waals surface area (Å²) in [5, 5.41) is 3.06. The van der Waals surface area contributed by atoms with Crippen molar-refractivity contribution in [1.29, 1.82) is 0 Å². The van der Waals surface area contributed by atoms with Crippen molar-refractivity contribution in [2.24, 2.45) is 0 Å². The molecule has 0 saturated carbocycles. The summed E-state index contributed by atoms with van der Waals surface area (Å²) in [7, 11) is 1.87. The molecule has 15 heavy (non-hydrogen) atoms. The Morgan fingerprint density at radius 3 is 2.87 bits per heavy atom. The van der Waals surface area contributed by atoms with Gasteiger partial charge in [-0.15, -0.1) is 0 Å². The smallest absolute Gasteiger partial charge is 0.414 e. The number of amides is 1. The lowest BCUT2D eigenvalue weighted by Gasteiger charge is -2.20. The highest BCUT2D eigenvalue weighted by Gasteiger charge is 2.33. The number of carbonyl (C=O) groups excluding carboxylic acids is 1. The summed E-state index contributed by atoms with van der Waals surface area (Å²) in [4.78, 5) is 13.2. The van der Waals surface area contributed by atoms with Gasteiger partial charge in [0.1, 0.15) is 6.61 Å². The van der Waals surface area contributed by atoms with Crippen LogP contribution < -0.4 is 10.2 Å². The SMILES string of the molecule is CNCC1COC(=O)N1c1ccccc1. The molecule has 0 aromatic heterocycles. The molecule has 4 nitrogen and oxygen atoms in total. The second kappa shape index (κ2) is 4.31. The van der Waals surface area contributed by atoms with Crippen LogP contribution in [-0.4, -0.2) is 32.3 Å². The van der Waals surface area contributed by atoms with E-state index >= 15 is 0 Å². The van der Waals surface area contributed by atoms with Gasteiger partial charge >= 0.3 is 6.09 Å². The number of carbonyl (C=O) groups is 1. The Hall–Kier alpha value is -1.55. The Morgan fingerprint density at radius 1 is 1.47 bits per heavy atom. The summed E-state index contributed by atoms with van der Waals surface area (Å²) in [5.74, 6) is 0. The van der Waals surface area contributed by atoms with Crippen LogP contribution in [0.3, 0.4) is 0 Å². The maximum absolute atomic E-state index is 11.5. The molecular formula is C11H14N2O2. The van der Waals surface area contributed by atoms with E-state index in [0.717, 1.165) is 12.2 Å². The van der Waals surface area contributed by atoms with Gasteiger partial charge < -0.3 is 10.1 Å². The van der Waals surface area contributed by atoms with Crippen LogP contribution in [-0.2, 0) is 4.74 Å². The Bertz CT molecular complexity index is 340. The highest BCUT2D eigenvalue weighted by atomic mass is 16.6. The van der Waals surface area contributed by atoms with Crippen molar-refractivity contribution in [2.75, 3.05) is 25.1 Å². The topological polar surface area (TPSA) is 41.6 Å². The zero-order valence-corrected chi connectivity index (χ0v) is 8.64. The van der Waals surface area contributed by atoms with Crippen LogP contribution in [0, 0.1) is 0 Å². The summed E-state index contributed by atoms with van der Waals surface area (Å²) < 4.78 is 5.03. The first-order chi connectivity index (χ1) is 7.33. The van der Waals surface area contributed by atoms with Gasteiger partial charge in [-0.25, -0.2) is 4.79 Å². The van der Waals surface area contributed by atoms with Crippen LogP contribution in [0.15, 0.2) is 30.3 Å². The van der Waals surface area contributed by atoms with E-state index in [1.807, 2.05) is 37.4 Å². The Kier molecular flexibility index (Phi) is 2.87. The normalized spacial score (nSPS) is 20.5. The molecule has 0 aliphatic carbocycles. The molecule has 1 unspecified atom stereocenters. The van der Waals surface area contributed by atoms with Gasteiger partial charge in [-0.2, -0.15) is 0 Å². The fourth-order valence-corrected chi connectivity index (χ4v) is 1.75. The minimum atomic E-state index is -0.263. The zero-order valence-electron chi connectivity index (χ0n) is 8.64. The third-order valence-corrected chi connectivity index (χ3v) is 2.44. The maximum atomic E-state index is 11.5. The predicted molar refractivity (Wildman–Crippen MR) is 58.0 cm³/mol. The number of rotatable bonds is 3. The lowest BCUT2D eigenvalue weighted by molar-refractivity contribution is 0.178. The van der Waals surface area contributed by atoms with E-state index in [0.29, 0.717) is 6.61 Å². The molecule has 1 amide bonds. The summed E-state index contributed by atoms with van der Waals surface area (Å²) in [6.45, 7) is 1.19. The number of ether oxygens (including phenoxy) is 1. The third kappa shape index (κ3) is 1.94. The molecule has 1 fully saturated rings. The van der Waals surface area contributed by atoms with Gasteiger partial charge in [0.25, 0.3) is 0 Å². The monoisotopic (exact) mass is 206 g/mol. The first-order valence-electron chi connectivity index (χ1n) is 4.98. The number of hydrogen-bond acceptors (Lipinski definition) is 3. The van der Waals surface area contributed by atoms with E-state index in [4.69, 9.17) is 4.74 Å². The Balaban J connectivity index is 2.21. The van der Waals surface area contributed by atoms with E-state index in [9.17, 15) is 4.79 Å². The Morgan fingerprint density at radius 2 is 2.20 bits per heavy atom. The van der Waals surface area contributed by atoms with Crippen molar-refractivity contribution < 1.29 is 9.53 Å². The molecule has 1 N–H and O–H groups in total. The van der Waals surface area contributed by atoms with Gasteiger partial charge in [-0.05, 0) is 19.2 Å². The molecule has 0 radical (unpaired) electrons. The van der Waals surface area contributed by atoms with Gasteiger partial charge in [0, 0.05) is 12.2 Å². The number of cyclic esters (lactones) is 1. The molecule has 1 aromatic rings. The molecule has 2 rings (SSSR count). The van der Waals surface area contributed by atoms with Crippen LogP contribution in [0.5, 0.6) is 0 Å². The van der Waals surface area contributed by atoms with E-state index in [2.05, 4.69) is 5.32 Å². The minimum Gasteiger partial charge on any atom is -0.447 e. The molecule has 0 spiro atoms. The number of hydrogen-bond donors (Lipinski definition) is 1. The van der Waals surface area contributed by atoms with Gasteiger partial charge in [0.2, 0.25) is 0 Å². The van der Waals surface area contributed by atoms with E-state index in [-0.39, 0.29) is 12.1 Å². The predicted octanol–water partition coefficient (Wildman–Crippen LogP) is 1.23. The molecule has 1 aromatic carbocycles. The molecule has 1 atom stereocenters. The van der Waals surface area contributed by atoms with E-state index in [1.165, 1.54) is 0 Å². The highest BCUT2D eigenvalue weighted by Crippen LogP contribution is 2.22. The molecule has 1 heterocycles. The van der Waals surface area contributed by atoms with Crippen molar-refractivity contribution >= 4 is 11.8 Å². The maximum Gasteiger partial charge on any atom is 0.414 e. The second-order valence-electron chi connectivity index (χ2n) is 3.49. The van der Waals surface area contributed by atoms with Gasteiger partial charge in [-0.3, -0.25) is 4.90 Å². The number of nitrogens with one attached hydrogen (secondary N) is 1. The van der Waals surface area contributed by atoms with E-state index in [1.54, 1.807) is 4.90 Å². The highest BCUT2D eigenvalue weighted by molar-refractivity contribution is 5.90. The fourth-order valence-electron chi connectivity index (χ4n) is 1.75. The van der Waals surface area contributed by atoms with Crippen LogP contribution >= 0.6 is 0 Å². The summed E-state index contributed by atoms with van der Waals surface area (Å²) in [6.07, 6.45) is -0.263. The fraction of sp³-hybridized carbons (Fsp3) is 0.364. The average molecular weight is 206 g/mol. The average Bonchev–Trinajstić information content (AvgIpc) is 2.62. The summed E-state index contributed by atoms with van der Waals surface area (Å²) in [5.41, 5.74) is 0.889. The van der Waals surface area contributed by atoms with Gasteiger partial charge in [-0.1, -0.05) is 18.2 Å². The molecule has 1 aliphatic heterocycles. The zero-order chi connectivity index (χ0) is 10.7. The van der Waals surface area contributed by atoms with Crippen LogP contribution in [0.2, 0.25) is 0 Å². The van der Waals surface area contributed by atoms with Gasteiger partial charge in [0.05, 0.1) is 6.04 Å². The molecule has 1 saturated heterocycles. The standard InChI is InChI=1S/C11H14N2O2/c1-12-7-10-8-15-11(14)13(10)9-5-3-2-4-6-9/h2-6,10,12H,7-8H2,1H3. The van der Waals surface area contributed by atoms with Crippen molar-refractivity contribution in [3.63, 3.8) is 0 Å². The lowest BCUT2D eigenvalue weighted by Crippen LogP contribution is -2.39. The van der Waals surface area contributed by atoms with E-state index < -0.39 is 0 Å². The lowest BCUT2D eigenvalue weighted by atomic mass is 10.2. The van der Waals surface area contributed by atoms with Crippen molar-refractivity contribution in [2.45, 2.75) is 6.04 Å². The van der Waals surface area contributed by atoms with Crippen LogP contribution in [0.1, 0.15) is 0 Å². The summed E-state index contributed by atoms with van der Waals surface area (Å²) in [6, 6.07) is 9.67. The number of para-hydroxylation sites is 1. The molecule has 4 heteroatoms. The van der Waals surface area contributed by atoms with Crippen LogP contribution in [0.4, 0.5) is 10.5 Å². The molecular weight excluding hydrogens is 192 g/mol. The van der Waals surface area contributed by atoms with Gasteiger partial charge in [0.15, 0.2) is 0 Å². The largest absolute Gasteiger partial charge is 0.447 e. The van der Waals surface area contributed by atoms with Crippen molar-refractivity contribution in [3.8, 4) is 0 Å². The van der Waals surface area contributed by atoms with Crippen molar-refractivity contribution in [1.82, 2.24) is 5.32 Å². The minimum absolute atomic E-state index is 0.0879. The third-order valence-electron chi connectivity index (χ3n) is 2.44. The summed E-state index contributed by atoms with van der Waals surface area (Å²) >= 11 is 0. The number of anilines is 1. The second-order valence-corrected chi connectivity index (χ2v) is 3.49. The van der Waals surface area contributed by atoms with Crippen molar-refractivity contribution in [3.05, 3.63) is 30.3 Å². The number of benzene rings is 1. The quantitative estimate of drug-likeness (QED) is 0.808. The first-order valence-corrected chi connectivity index (χ1v) is 4.98.